The number of thiophene rings is 1. The number of anilines is 1. The number of carbonyl (C=O) groups excluding carboxylic acids is 1. The molecule has 0 spiro atoms. The minimum atomic E-state index is -0.105. The average Bonchev–Trinajstić information content (AvgIpc) is 3.62. The number of aromatic amines is 2. The largest absolute Gasteiger partial charge is 0.337 e. The number of nitrogens with one attached hydrogen (secondary N) is 3. The van der Waals surface area contributed by atoms with Gasteiger partial charge in [-0.1, -0.05) is 18.2 Å². The van der Waals surface area contributed by atoms with Crippen molar-refractivity contribution in [3.8, 4) is 33.2 Å². The molecule has 0 aliphatic carbocycles. The number of hydrogen-bond acceptors (Lipinski definition) is 7. The first-order valence-electron chi connectivity index (χ1n) is 11.3. The highest BCUT2D eigenvalue weighted by Gasteiger charge is 2.17. The lowest BCUT2D eigenvalue weighted by molar-refractivity contribution is -0.116. The van der Waals surface area contributed by atoms with Gasteiger partial charge in [0.05, 0.1) is 46.9 Å². The zero-order valence-corrected chi connectivity index (χ0v) is 20.4. The molecule has 1 amide bonds. The number of imidazole rings is 1. The summed E-state index contributed by atoms with van der Waals surface area (Å²) in [4.78, 5) is 32.4. The number of amides is 1. The zero-order valence-electron chi connectivity index (χ0n) is 19.6. The van der Waals surface area contributed by atoms with Gasteiger partial charge < -0.3 is 15.2 Å². The van der Waals surface area contributed by atoms with Crippen molar-refractivity contribution in [3.05, 3.63) is 66.4 Å². The molecule has 0 saturated carbocycles. The number of para-hydroxylation sites is 1. The predicted molar refractivity (Wildman–Crippen MR) is 143 cm³/mol. The van der Waals surface area contributed by atoms with Gasteiger partial charge in [0, 0.05) is 27.6 Å². The quantitative estimate of drug-likeness (QED) is 0.307. The summed E-state index contributed by atoms with van der Waals surface area (Å²) < 4.78 is 0. The van der Waals surface area contributed by atoms with E-state index in [1.165, 1.54) is 4.88 Å². The van der Waals surface area contributed by atoms with E-state index >= 15 is 0 Å². The van der Waals surface area contributed by atoms with Gasteiger partial charge in [-0.3, -0.25) is 19.9 Å². The molecule has 3 N–H and O–H groups in total. The monoisotopic (exact) mass is 494 g/mol. The molecule has 9 nitrogen and oxygen atoms in total. The molecule has 0 unspecified atom stereocenters. The zero-order chi connectivity index (χ0) is 24.6. The summed E-state index contributed by atoms with van der Waals surface area (Å²) in [6.07, 6.45) is 5.10. The molecule has 5 aromatic heterocycles. The second kappa shape index (κ2) is 8.99. The second-order valence-electron chi connectivity index (χ2n) is 8.70. The molecule has 0 aliphatic rings. The Bertz CT molecular complexity index is 1700. The molecule has 10 heteroatoms. The van der Waals surface area contributed by atoms with Crippen LogP contribution in [-0.4, -0.2) is 61.6 Å². The molecule has 0 aliphatic heterocycles. The summed E-state index contributed by atoms with van der Waals surface area (Å²) in [5.74, 6) is 0.575. The number of fused-ring (bicyclic) bond motifs is 2. The first kappa shape index (κ1) is 22.1. The van der Waals surface area contributed by atoms with Crippen molar-refractivity contribution >= 4 is 44.9 Å². The molecule has 0 bridgehead atoms. The Morgan fingerprint density at radius 3 is 2.83 bits per heavy atom. The predicted octanol–water partition coefficient (Wildman–Crippen LogP) is 4.79. The minimum Gasteiger partial charge on any atom is -0.337 e. The topological polar surface area (TPSA) is 115 Å². The molecule has 178 valence electrons. The molecule has 0 fully saturated rings. The standard InChI is InChI=1S/C26H22N8OS/c1-34(2)14-23(35)29-16-9-15(11-27-12-16)20-10-18-21(13-28-20)32-33-25(18)26-30-19-6-3-5-17(24(19)31-26)22-7-4-8-36-22/h3-13H,14H2,1-2H3,(H,29,35)(H,30,31)(H,32,33). The van der Waals surface area contributed by atoms with E-state index in [1.54, 1.807) is 29.9 Å². The lowest BCUT2D eigenvalue weighted by Crippen LogP contribution is -2.27. The first-order chi connectivity index (χ1) is 17.5. The van der Waals surface area contributed by atoms with Gasteiger partial charge in [0.1, 0.15) is 5.69 Å². The number of likely N-dealkylation sites (N-methyl/N-ethyl adjacent to an activating group) is 1. The normalized spacial score (nSPS) is 11.5. The Hall–Kier alpha value is -4.41. The molecule has 0 saturated heterocycles. The highest BCUT2D eigenvalue weighted by Crippen LogP contribution is 2.34. The molecule has 6 rings (SSSR count). The van der Waals surface area contributed by atoms with E-state index in [4.69, 9.17) is 4.98 Å². The molecule has 6 aromatic rings. The van der Waals surface area contributed by atoms with Crippen LogP contribution in [0.15, 0.2) is 66.4 Å². The van der Waals surface area contributed by atoms with Crippen molar-refractivity contribution in [3.63, 3.8) is 0 Å². The maximum Gasteiger partial charge on any atom is 0.238 e. The molecule has 0 radical (unpaired) electrons. The summed E-state index contributed by atoms with van der Waals surface area (Å²) >= 11 is 1.69. The van der Waals surface area contributed by atoms with Crippen LogP contribution in [0.5, 0.6) is 0 Å². The van der Waals surface area contributed by atoms with Crippen LogP contribution < -0.4 is 5.32 Å². The maximum atomic E-state index is 12.2. The summed E-state index contributed by atoms with van der Waals surface area (Å²) in [5.41, 5.74) is 6.59. The van der Waals surface area contributed by atoms with Crippen molar-refractivity contribution < 1.29 is 4.79 Å². The number of carbonyl (C=O) groups is 1. The van der Waals surface area contributed by atoms with Gasteiger partial charge in [0.25, 0.3) is 0 Å². The van der Waals surface area contributed by atoms with Crippen LogP contribution in [-0.2, 0) is 4.79 Å². The average molecular weight is 495 g/mol. The van der Waals surface area contributed by atoms with Crippen LogP contribution in [0.2, 0.25) is 0 Å². The van der Waals surface area contributed by atoms with Crippen LogP contribution in [0.3, 0.4) is 0 Å². The third kappa shape index (κ3) is 4.12. The third-order valence-corrected chi connectivity index (χ3v) is 6.65. The minimum absolute atomic E-state index is 0.105. The fourth-order valence-corrected chi connectivity index (χ4v) is 4.92. The molecule has 36 heavy (non-hydrogen) atoms. The van der Waals surface area contributed by atoms with Gasteiger partial charge in [0.2, 0.25) is 5.91 Å². The maximum absolute atomic E-state index is 12.2. The molecular formula is C26H22N8OS. The fraction of sp³-hybridized carbons (Fsp3) is 0.115. The Balaban J connectivity index is 1.38. The summed E-state index contributed by atoms with van der Waals surface area (Å²) in [7, 11) is 3.70. The van der Waals surface area contributed by atoms with Crippen molar-refractivity contribution in [2.45, 2.75) is 0 Å². The van der Waals surface area contributed by atoms with E-state index in [9.17, 15) is 4.79 Å². The van der Waals surface area contributed by atoms with Gasteiger partial charge in [0.15, 0.2) is 5.82 Å². The first-order valence-corrected chi connectivity index (χ1v) is 12.2. The highest BCUT2D eigenvalue weighted by molar-refractivity contribution is 7.13. The van der Waals surface area contributed by atoms with Crippen LogP contribution in [0.4, 0.5) is 5.69 Å². The number of pyridine rings is 2. The Morgan fingerprint density at radius 1 is 1.08 bits per heavy atom. The van der Waals surface area contributed by atoms with E-state index in [1.807, 2.05) is 49.3 Å². The Morgan fingerprint density at radius 2 is 2.00 bits per heavy atom. The van der Waals surface area contributed by atoms with Gasteiger partial charge in [-0.05, 0) is 43.7 Å². The number of nitrogens with zero attached hydrogens (tertiary/aromatic N) is 5. The Kier molecular flexibility index (Phi) is 5.51. The molecule has 0 atom stereocenters. The van der Waals surface area contributed by atoms with E-state index in [-0.39, 0.29) is 5.91 Å². The van der Waals surface area contributed by atoms with Crippen LogP contribution in [0.1, 0.15) is 0 Å². The smallest absolute Gasteiger partial charge is 0.238 e. The third-order valence-electron chi connectivity index (χ3n) is 5.75. The van der Waals surface area contributed by atoms with E-state index in [2.05, 4.69) is 48.0 Å². The lowest BCUT2D eigenvalue weighted by atomic mass is 10.1. The summed E-state index contributed by atoms with van der Waals surface area (Å²) in [6.45, 7) is 0.290. The van der Waals surface area contributed by atoms with E-state index in [0.29, 0.717) is 23.8 Å². The summed E-state index contributed by atoms with van der Waals surface area (Å²) in [5, 5.41) is 13.4. The van der Waals surface area contributed by atoms with Crippen LogP contribution in [0, 0.1) is 0 Å². The SMILES string of the molecule is CN(C)CC(=O)Nc1cncc(-c2cc3c(-c4nc5c(-c6cccs6)cccc5[nH]4)n[nH]c3cn2)c1. The Labute approximate surface area is 210 Å². The number of rotatable bonds is 6. The number of benzene rings is 1. The van der Waals surface area contributed by atoms with Gasteiger partial charge in [-0.15, -0.1) is 11.3 Å². The van der Waals surface area contributed by atoms with Crippen molar-refractivity contribution in [1.82, 2.24) is 35.0 Å². The number of aromatic nitrogens is 6. The van der Waals surface area contributed by atoms with Gasteiger partial charge in [-0.2, -0.15) is 5.10 Å². The van der Waals surface area contributed by atoms with Crippen molar-refractivity contribution in [1.29, 1.82) is 0 Å². The summed E-state index contributed by atoms with van der Waals surface area (Å²) in [6, 6.07) is 14.1. The molecule has 5 heterocycles. The van der Waals surface area contributed by atoms with E-state index in [0.717, 1.165) is 38.8 Å². The lowest BCUT2D eigenvalue weighted by Gasteiger charge is -2.10. The fourth-order valence-electron chi connectivity index (χ4n) is 4.17. The number of H-pyrrole nitrogens is 2. The van der Waals surface area contributed by atoms with Crippen LogP contribution in [0.25, 0.3) is 55.2 Å². The molecular weight excluding hydrogens is 472 g/mol. The second-order valence-corrected chi connectivity index (χ2v) is 9.65. The van der Waals surface area contributed by atoms with Gasteiger partial charge in [-0.25, -0.2) is 4.98 Å². The van der Waals surface area contributed by atoms with Gasteiger partial charge >= 0.3 is 0 Å². The van der Waals surface area contributed by atoms with Crippen LogP contribution >= 0.6 is 11.3 Å². The van der Waals surface area contributed by atoms with Crippen molar-refractivity contribution in [2.24, 2.45) is 0 Å². The van der Waals surface area contributed by atoms with Crippen molar-refractivity contribution in [2.75, 3.05) is 26.0 Å². The van der Waals surface area contributed by atoms with E-state index < -0.39 is 0 Å². The molecule has 1 aromatic carbocycles. The highest BCUT2D eigenvalue weighted by atomic mass is 32.1. The number of hydrogen-bond donors (Lipinski definition) is 3.